The highest BCUT2D eigenvalue weighted by Crippen LogP contribution is 2.40. The average Bonchev–Trinajstić information content (AvgIpc) is 3.03. The molecule has 6 heteroatoms. The molecule has 0 amide bonds. The second-order valence-electron chi connectivity index (χ2n) is 6.30. The highest BCUT2D eigenvalue weighted by Gasteiger charge is 2.17. The first kappa shape index (κ1) is 17.0. The number of fused-ring (bicyclic) bond motifs is 2. The van der Waals surface area contributed by atoms with E-state index < -0.39 is 0 Å². The molecule has 0 saturated heterocycles. The van der Waals surface area contributed by atoms with Crippen molar-refractivity contribution in [1.82, 2.24) is 9.55 Å². The molecular formula is C21H21N3O3. The topological polar surface area (TPSA) is 82.5 Å². The molecule has 0 aliphatic carbocycles. The van der Waals surface area contributed by atoms with Gasteiger partial charge in [-0.3, -0.25) is 0 Å². The summed E-state index contributed by atoms with van der Waals surface area (Å²) in [6, 6.07) is 11.6. The van der Waals surface area contributed by atoms with Crippen molar-refractivity contribution in [3.05, 3.63) is 42.6 Å². The fraction of sp³-hybridized carbons (Fsp3) is 0.190. The molecule has 2 aromatic heterocycles. The van der Waals surface area contributed by atoms with Gasteiger partial charge in [-0.1, -0.05) is 24.3 Å². The number of aromatic hydroxyl groups is 1. The monoisotopic (exact) mass is 363 g/mol. The summed E-state index contributed by atoms with van der Waals surface area (Å²) in [4.78, 5) is 4.81. The minimum atomic E-state index is 0.149. The van der Waals surface area contributed by atoms with Crippen molar-refractivity contribution in [3.63, 3.8) is 0 Å². The smallest absolute Gasteiger partial charge is 0.202 e. The Labute approximate surface area is 156 Å². The van der Waals surface area contributed by atoms with Crippen molar-refractivity contribution in [2.75, 3.05) is 20.0 Å². The summed E-state index contributed by atoms with van der Waals surface area (Å²) in [6.45, 7) is 2.60. The lowest BCUT2D eigenvalue weighted by molar-refractivity contribution is 0.355. The first-order valence-corrected chi connectivity index (χ1v) is 8.71. The van der Waals surface area contributed by atoms with Crippen LogP contribution in [0.5, 0.6) is 17.4 Å². The maximum absolute atomic E-state index is 10.5. The number of para-hydroxylation sites is 1. The number of rotatable bonds is 4. The highest BCUT2D eigenvalue weighted by molar-refractivity contribution is 6.12. The summed E-state index contributed by atoms with van der Waals surface area (Å²) in [6.07, 6.45) is 1.83. The van der Waals surface area contributed by atoms with Crippen molar-refractivity contribution < 1.29 is 14.6 Å². The summed E-state index contributed by atoms with van der Waals surface area (Å²) in [5.74, 6) is 1.47. The van der Waals surface area contributed by atoms with Crippen molar-refractivity contribution >= 4 is 27.5 Å². The fourth-order valence-electron chi connectivity index (χ4n) is 3.49. The van der Waals surface area contributed by atoms with Gasteiger partial charge in [0.1, 0.15) is 0 Å². The molecule has 4 rings (SSSR count). The number of hydrogen-bond donors (Lipinski definition) is 2. The van der Waals surface area contributed by atoms with Crippen LogP contribution in [0, 0.1) is 0 Å². The molecular weight excluding hydrogens is 342 g/mol. The molecule has 27 heavy (non-hydrogen) atoms. The molecule has 0 saturated carbocycles. The fourth-order valence-corrected chi connectivity index (χ4v) is 3.49. The molecule has 0 bridgehead atoms. The lowest BCUT2D eigenvalue weighted by Gasteiger charge is -2.12. The van der Waals surface area contributed by atoms with Gasteiger partial charge in [-0.05, 0) is 24.6 Å². The number of nitrogens with two attached hydrogens (primary N) is 1. The van der Waals surface area contributed by atoms with Crippen LogP contribution in [0.3, 0.4) is 0 Å². The minimum Gasteiger partial charge on any atom is -0.494 e. The van der Waals surface area contributed by atoms with Crippen LogP contribution in [-0.2, 0) is 6.54 Å². The number of aromatic nitrogens is 2. The van der Waals surface area contributed by atoms with Crippen LogP contribution in [0.15, 0.2) is 42.6 Å². The van der Waals surface area contributed by atoms with Crippen LogP contribution < -0.4 is 15.2 Å². The molecule has 0 aliphatic rings. The third kappa shape index (κ3) is 2.52. The van der Waals surface area contributed by atoms with E-state index in [-0.39, 0.29) is 5.88 Å². The lowest BCUT2D eigenvalue weighted by atomic mass is 10.00. The van der Waals surface area contributed by atoms with Crippen LogP contribution in [0.4, 0.5) is 5.69 Å². The zero-order chi connectivity index (χ0) is 19.1. The number of pyridine rings is 1. The zero-order valence-corrected chi connectivity index (χ0v) is 15.5. The molecule has 0 spiro atoms. The Balaban J connectivity index is 2.02. The first-order chi connectivity index (χ1) is 13.1. The first-order valence-electron chi connectivity index (χ1n) is 8.71. The molecule has 138 valence electrons. The quantitative estimate of drug-likeness (QED) is 0.568. The van der Waals surface area contributed by atoms with E-state index in [1.165, 1.54) is 0 Å². The summed E-state index contributed by atoms with van der Waals surface area (Å²) < 4.78 is 12.5. The molecule has 0 aliphatic heterocycles. The largest absolute Gasteiger partial charge is 0.494 e. The Bertz CT molecular complexity index is 1160. The zero-order valence-electron chi connectivity index (χ0n) is 15.5. The van der Waals surface area contributed by atoms with Crippen molar-refractivity contribution in [2.45, 2.75) is 13.5 Å². The number of nitrogens with zero attached hydrogens (tertiary/aromatic N) is 2. The molecule has 2 aromatic carbocycles. The van der Waals surface area contributed by atoms with Crippen molar-refractivity contribution in [3.8, 4) is 28.5 Å². The summed E-state index contributed by atoms with van der Waals surface area (Å²) in [5, 5.41) is 11.9. The molecule has 3 N–H and O–H groups in total. The van der Waals surface area contributed by atoms with Gasteiger partial charge < -0.3 is 24.9 Å². The van der Waals surface area contributed by atoms with E-state index in [9.17, 15) is 5.11 Å². The van der Waals surface area contributed by atoms with Gasteiger partial charge in [-0.15, -0.1) is 0 Å². The number of nitrogen functional groups attached to an aromatic ring is 1. The van der Waals surface area contributed by atoms with E-state index in [2.05, 4.69) is 0 Å². The van der Waals surface area contributed by atoms with E-state index in [1.807, 2.05) is 49.5 Å². The molecule has 0 radical (unpaired) electrons. The van der Waals surface area contributed by atoms with Gasteiger partial charge in [0.15, 0.2) is 11.5 Å². The molecule has 0 atom stereocenters. The predicted octanol–water partition coefficient (Wildman–Crippen LogP) is 4.18. The van der Waals surface area contributed by atoms with Gasteiger partial charge in [-0.2, -0.15) is 0 Å². The summed E-state index contributed by atoms with van der Waals surface area (Å²) in [5.41, 5.74) is 10.3. The Hall–Kier alpha value is -3.41. The van der Waals surface area contributed by atoms with Gasteiger partial charge in [0.25, 0.3) is 0 Å². The number of aryl methyl sites for hydroxylation is 1. The Kier molecular flexibility index (Phi) is 4.03. The Morgan fingerprint density at radius 1 is 1.11 bits per heavy atom. The molecule has 0 unspecified atom stereocenters. The molecule has 2 heterocycles. The van der Waals surface area contributed by atoms with Crippen LogP contribution >= 0.6 is 0 Å². The van der Waals surface area contributed by atoms with Crippen molar-refractivity contribution in [1.29, 1.82) is 0 Å². The van der Waals surface area contributed by atoms with E-state index in [0.717, 1.165) is 22.0 Å². The second kappa shape index (κ2) is 6.39. The van der Waals surface area contributed by atoms with E-state index in [1.54, 1.807) is 18.8 Å². The minimum absolute atomic E-state index is 0.149. The van der Waals surface area contributed by atoms with E-state index in [0.29, 0.717) is 34.6 Å². The third-order valence-electron chi connectivity index (χ3n) is 4.89. The highest BCUT2D eigenvalue weighted by atomic mass is 16.5. The van der Waals surface area contributed by atoms with Gasteiger partial charge in [-0.25, -0.2) is 4.98 Å². The number of hydrogen-bond acceptors (Lipinski definition) is 5. The van der Waals surface area contributed by atoms with Gasteiger partial charge >= 0.3 is 0 Å². The molecule has 4 aromatic rings. The normalized spacial score (nSPS) is 11.2. The van der Waals surface area contributed by atoms with E-state index in [4.69, 9.17) is 20.2 Å². The summed E-state index contributed by atoms with van der Waals surface area (Å²) >= 11 is 0. The predicted molar refractivity (Wildman–Crippen MR) is 108 cm³/mol. The Morgan fingerprint density at radius 3 is 2.59 bits per heavy atom. The molecule has 6 nitrogen and oxygen atoms in total. The number of anilines is 1. The van der Waals surface area contributed by atoms with Crippen molar-refractivity contribution in [2.24, 2.45) is 0 Å². The van der Waals surface area contributed by atoms with Crippen LogP contribution in [0.1, 0.15) is 6.92 Å². The average molecular weight is 363 g/mol. The maximum atomic E-state index is 10.5. The van der Waals surface area contributed by atoms with Crippen LogP contribution in [-0.4, -0.2) is 28.9 Å². The maximum Gasteiger partial charge on any atom is 0.202 e. The van der Waals surface area contributed by atoms with Gasteiger partial charge in [0, 0.05) is 23.7 Å². The molecule has 0 fully saturated rings. The third-order valence-corrected chi connectivity index (χ3v) is 4.89. The Morgan fingerprint density at radius 2 is 1.89 bits per heavy atom. The van der Waals surface area contributed by atoms with Crippen LogP contribution in [0.25, 0.3) is 32.9 Å². The SMILES string of the molecule is CCn1cc2nc3c(-c4ccc(OC)c(OC)c4)cccc3c(N)c2c1O. The van der Waals surface area contributed by atoms with Gasteiger partial charge in [0.2, 0.25) is 5.88 Å². The number of methoxy groups -OCH3 is 2. The number of benzene rings is 2. The van der Waals surface area contributed by atoms with Crippen LogP contribution in [0.2, 0.25) is 0 Å². The van der Waals surface area contributed by atoms with E-state index >= 15 is 0 Å². The van der Waals surface area contributed by atoms with Gasteiger partial charge in [0.05, 0.1) is 36.3 Å². The number of ether oxygens (including phenoxy) is 2. The second-order valence-corrected chi connectivity index (χ2v) is 6.30. The lowest BCUT2D eigenvalue weighted by Crippen LogP contribution is -1.94. The standard InChI is InChI=1S/C21H21N3O3/c1-4-24-11-15-18(21(24)25)19(22)14-7-5-6-13(20(14)23-15)12-8-9-16(26-2)17(10-12)27-3/h5-11,25H,4,22H2,1-3H3. The summed E-state index contributed by atoms with van der Waals surface area (Å²) in [7, 11) is 3.22.